The third-order valence-corrected chi connectivity index (χ3v) is 5.98. The van der Waals surface area contributed by atoms with Gasteiger partial charge >= 0.3 is 0 Å². The molecular formula is C23H25ClN4O. The summed E-state index contributed by atoms with van der Waals surface area (Å²) < 4.78 is 0. The molecule has 1 unspecified atom stereocenters. The van der Waals surface area contributed by atoms with Gasteiger partial charge in [-0.1, -0.05) is 55.8 Å². The highest BCUT2D eigenvalue weighted by atomic mass is 35.5. The third-order valence-electron chi connectivity index (χ3n) is 5.66. The van der Waals surface area contributed by atoms with E-state index in [0.29, 0.717) is 18.0 Å². The highest BCUT2D eigenvalue weighted by Gasteiger charge is 2.29. The Kier molecular flexibility index (Phi) is 5.67. The largest absolute Gasteiger partial charge is 0.352 e. The van der Waals surface area contributed by atoms with E-state index >= 15 is 0 Å². The summed E-state index contributed by atoms with van der Waals surface area (Å²) in [5.74, 6) is 1.11. The lowest BCUT2D eigenvalue weighted by Gasteiger charge is -2.42. The van der Waals surface area contributed by atoms with Crippen molar-refractivity contribution in [3.8, 4) is 11.1 Å². The SMILES string of the molecule is CCC(=O)N1CCN(c2ncnc3cc(-c4ccccc4)c(Cl)cc23)CC1CC. The number of aromatic nitrogens is 2. The molecule has 3 aromatic rings. The number of halogens is 1. The summed E-state index contributed by atoms with van der Waals surface area (Å²) >= 11 is 6.66. The van der Waals surface area contributed by atoms with E-state index in [0.717, 1.165) is 47.4 Å². The van der Waals surface area contributed by atoms with Gasteiger partial charge in [0, 0.05) is 48.1 Å². The van der Waals surface area contributed by atoms with Crippen molar-refractivity contribution in [2.24, 2.45) is 0 Å². The number of benzene rings is 2. The molecule has 1 fully saturated rings. The lowest BCUT2D eigenvalue weighted by Crippen LogP contribution is -2.55. The van der Waals surface area contributed by atoms with E-state index in [9.17, 15) is 4.79 Å². The molecule has 2 heterocycles. The summed E-state index contributed by atoms with van der Waals surface area (Å²) in [4.78, 5) is 25.6. The van der Waals surface area contributed by atoms with Crippen molar-refractivity contribution in [2.75, 3.05) is 24.5 Å². The molecule has 1 aromatic heterocycles. The van der Waals surface area contributed by atoms with Crippen molar-refractivity contribution < 1.29 is 4.79 Å². The van der Waals surface area contributed by atoms with E-state index in [1.807, 2.05) is 54.3 Å². The smallest absolute Gasteiger partial charge is 0.222 e. The van der Waals surface area contributed by atoms with Crippen LogP contribution in [0.1, 0.15) is 26.7 Å². The molecule has 0 radical (unpaired) electrons. The summed E-state index contributed by atoms with van der Waals surface area (Å²) in [6, 6.07) is 14.3. The molecule has 1 aliphatic heterocycles. The van der Waals surface area contributed by atoms with Crippen LogP contribution in [0.25, 0.3) is 22.0 Å². The van der Waals surface area contributed by atoms with Crippen LogP contribution in [0, 0.1) is 0 Å². The van der Waals surface area contributed by atoms with Crippen LogP contribution in [0.5, 0.6) is 0 Å². The van der Waals surface area contributed by atoms with Crippen molar-refractivity contribution in [1.29, 1.82) is 0 Å². The van der Waals surface area contributed by atoms with E-state index in [4.69, 9.17) is 11.6 Å². The number of fused-ring (bicyclic) bond motifs is 1. The monoisotopic (exact) mass is 408 g/mol. The lowest BCUT2D eigenvalue weighted by atomic mass is 10.0. The highest BCUT2D eigenvalue weighted by Crippen LogP contribution is 2.35. The van der Waals surface area contributed by atoms with Crippen molar-refractivity contribution in [1.82, 2.24) is 14.9 Å². The van der Waals surface area contributed by atoms with Crippen LogP contribution >= 0.6 is 11.6 Å². The standard InChI is InChI=1S/C23H25ClN4O/c1-3-17-14-27(10-11-28(17)22(29)4-2)23-19-12-20(24)18(13-21(19)25-15-26-23)16-8-6-5-7-9-16/h5-9,12-13,15,17H,3-4,10-11,14H2,1-2H3. The fraction of sp³-hybridized carbons (Fsp3) is 0.348. The first-order valence-corrected chi connectivity index (χ1v) is 10.5. The van der Waals surface area contributed by atoms with Gasteiger partial charge in [-0.25, -0.2) is 9.97 Å². The molecular weight excluding hydrogens is 384 g/mol. The van der Waals surface area contributed by atoms with E-state index < -0.39 is 0 Å². The number of amides is 1. The molecule has 0 saturated carbocycles. The Hall–Kier alpha value is -2.66. The number of rotatable bonds is 4. The molecule has 0 spiro atoms. The van der Waals surface area contributed by atoms with Gasteiger partial charge in [0.25, 0.3) is 0 Å². The Balaban J connectivity index is 1.70. The second-order valence-corrected chi connectivity index (χ2v) is 7.77. The maximum Gasteiger partial charge on any atom is 0.222 e. The van der Waals surface area contributed by atoms with Crippen molar-refractivity contribution in [3.63, 3.8) is 0 Å². The first kappa shape index (κ1) is 19.6. The van der Waals surface area contributed by atoms with Gasteiger partial charge < -0.3 is 9.80 Å². The number of carbonyl (C=O) groups excluding carboxylic acids is 1. The summed E-state index contributed by atoms with van der Waals surface area (Å²) in [5, 5.41) is 1.63. The van der Waals surface area contributed by atoms with Gasteiger partial charge in [-0.3, -0.25) is 4.79 Å². The zero-order valence-corrected chi connectivity index (χ0v) is 17.6. The Morgan fingerprint density at radius 1 is 1.14 bits per heavy atom. The van der Waals surface area contributed by atoms with Gasteiger partial charge in [0.1, 0.15) is 12.1 Å². The van der Waals surface area contributed by atoms with E-state index in [-0.39, 0.29) is 11.9 Å². The van der Waals surface area contributed by atoms with Crippen LogP contribution in [-0.4, -0.2) is 46.5 Å². The molecule has 150 valence electrons. The summed E-state index contributed by atoms with van der Waals surface area (Å²) in [7, 11) is 0. The van der Waals surface area contributed by atoms with Gasteiger partial charge in [0.2, 0.25) is 5.91 Å². The molecule has 0 bridgehead atoms. The Bertz CT molecular complexity index is 1020. The Labute approximate surface area is 176 Å². The molecule has 0 N–H and O–H groups in total. The maximum absolute atomic E-state index is 12.3. The van der Waals surface area contributed by atoms with Gasteiger partial charge in [-0.05, 0) is 24.1 Å². The topological polar surface area (TPSA) is 49.3 Å². The molecule has 4 rings (SSSR count). The van der Waals surface area contributed by atoms with Gasteiger partial charge in [0.15, 0.2) is 0 Å². The minimum Gasteiger partial charge on any atom is -0.352 e. The molecule has 1 amide bonds. The molecule has 29 heavy (non-hydrogen) atoms. The molecule has 6 heteroatoms. The molecule has 1 saturated heterocycles. The van der Waals surface area contributed by atoms with Crippen LogP contribution < -0.4 is 4.90 Å². The predicted octanol–water partition coefficient (Wildman–Crippen LogP) is 4.79. The minimum absolute atomic E-state index is 0.195. The van der Waals surface area contributed by atoms with E-state index in [1.54, 1.807) is 6.33 Å². The summed E-state index contributed by atoms with van der Waals surface area (Å²) in [6.45, 7) is 6.29. The molecule has 0 aliphatic carbocycles. The Morgan fingerprint density at radius 2 is 1.93 bits per heavy atom. The Morgan fingerprint density at radius 3 is 2.66 bits per heavy atom. The highest BCUT2D eigenvalue weighted by molar-refractivity contribution is 6.34. The average molecular weight is 409 g/mol. The second kappa shape index (κ2) is 8.37. The number of hydrogen-bond acceptors (Lipinski definition) is 4. The number of nitrogens with zero attached hydrogens (tertiary/aromatic N) is 4. The van der Waals surface area contributed by atoms with Crippen LogP contribution in [0.2, 0.25) is 5.02 Å². The fourth-order valence-corrected chi connectivity index (χ4v) is 4.36. The number of carbonyl (C=O) groups is 1. The van der Waals surface area contributed by atoms with Crippen molar-refractivity contribution >= 4 is 34.2 Å². The zero-order valence-electron chi connectivity index (χ0n) is 16.8. The van der Waals surface area contributed by atoms with Gasteiger partial charge in [-0.15, -0.1) is 0 Å². The van der Waals surface area contributed by atoms with Crippen LogP contribution in [0.15, 0.2) is 48.8 Å². The normalized spacial score (nSPS) is 17.0. The number of anilines is 1. The summed E-state index contributed by atoms with van der Waals surface area (Å²) in [6.07, 6.45) is 3.08. The predicted molar refractivity (Wildman–Crippen MR) is 118 cm³/mol. The van der Waals surface area contributed by atoms with Crippen LogP contribution in [-0.2, 0) is 4.79 Å². The van der Waals surface area contributed by atoms with Crippen molar-refractivity contribution in [3.05, 3.63) is 53.8 Å². The first-order chi connectivity index (χ1) is 14.1. The van der Waals surface area contributed by atoms with Gasteiger partial charge in [-0.2, -0.15) is 0 Å². The van der Waals surface area contributed by atoms with E-state index in [1.165, 1.54) is 0 Å². The summed E-state index contributed by atoms with van der Waals surface area (Å²) in [5.41, 5.74) is 2.91. The molecule has 1 aliphatic rings. The minimum atomic E-state index is 0.195. The maximum atomic E-state index is 12.3. The van der Waals surface area contributed by atoms with Crippen molar-refractivity contribution in [2.45, 2.75) is 32.7 Å². The fourth-order valence-electron chi connectivity index (χ4n) is 4.08. The van der Waals surface area contributed by atoms with Gasteiger partial charge in [0.05, 0.1) is 5.52 Å². The quantitative estimate of drug-likeness (QED) is 0.622. The third kappa shape index (κ3) is 3.79. The van der Waals surface area contributed by atoms with E-state index in [2.05, 4.69) is 21.8 Å². The molecule has 2 aromatic carbocycles. The first-order valence-electron chi connectivity index (χ1n) is 10.2. The molecule has 1 atom stereocenters. The molecule has 5 nitrogen and oxygen atoms in total. The van der Waals surface area contributed by atoms with Crippen LogP contribution in [0.4, 0.5) is 5.82 Å². The van der Waals surface area contributed by atoms with Crippen LogP contribution in [0.3, 0.4) is 0 Å². The lowest BCUT2D eigenvalue weighted by molar-refractivity contribution is -0.133. The zero-order chi connectivity index (χ0) is 20.4. The number of hydrogen-bond donors (Lipinski definition) is 0. The second-order valence-electron chi connectivity index (χ2n) is 7.36. The number of piperazine rings is 1. The average Bonchev–Trinajstić information content (AvgIpc) is 2.78.